The van der Waals surface area contributed by atoms with Gasteiger partial charge in [-0.05, 0) is 21.0 Å². The third-order valence-electron chi connectivity index (χ3n) is 1.85. The molecule has 5 heteroatoms. The van der Waals surface area contributed by atoms with Crippen molar-refractivity contribution in [2.75, 3.05) is 32.1 Å². The Morgan fingerprint density at radius 2 is 2.14 bits per heavy atom. The number of aromatic nitrogens is 2. The van der Waals surface area contributed by atoms with Gasteiger partial charge in [-0.25, -0.2) is 9.97 Å². The largest absolute Gasteiger partial charge is 0.383 e. The normalized spacial score (nSPS) is 10.9. The Bertz CT molecular complexity index is 301. The van der Waals surface area contributed by atoms with Gasteiger partial charge in [-0.2, -0.15) is 0 Å². The first-order chi connectivity index (χ1) is 6.61. The van der Waals surface area contributed by atoms with E-state index in [4.69, 9.17) is 5.73 Å². The van der Waals surface area contributed by atoms with Gasteiger partial charge in [0.1, 0.15) is 17.2 Å². The molecule has 0 bridgehead atoms. The summed E-state index contributed by atoms with van der Waals surface area (Å²) in [6, 6.07) is 0. The van der Waals surface area contributed by atoms with Crippen molar-refractivity contribution in [2.24, 2.45) is 0 Å². The summed E-state index contributed by atoms with van der Waals surface area (Å²) < 4.78 is 0. The summed E-state index contributed by atoms with van der Waals surface area (Å²) in [6.07, 6.45) is 1.51. The Morgan fingerprint density at radius 3 is 2.79 bits per heavy atom. The summed E-state index contributed by atoms with van der Waals surface area (Å²) in [5.74, 6) is 1.59. The van der Waals surface area contributed by atoms with Crippen molar-refractivity contribution in [1.82, 2.24) is 14.9 Å². The second kappa shape index (κ2) is 5.17. The molecule has 14 heavy (non-hydrogen) atoms. The quantitative estimate of drug-likeness (QED) is 0.596. The molecule has 1 aromatic heterocycles. The molecule has 0 aliphatic rings. The molecule has 0 aromatic carbocycles. The molecular formula is C9H16N4S. The van der Waals surface area contributed by atoms with Gasteiger partial charge in [0.2, 0.25) is 0 Å². The fourth-order valence-corrected chi connectivity index (χ4v) is 2.01. The Hall–Kier alpha value is -0.810. The fraction of sp³-hybridized carbons (Fsp3) is 0.556. The Morgan fingerprint density at radius 1 is 1.43 bits per heavy atom. The predicted octanol–water partition coefficient (Wildman–Crippen LogP) is 1.02. The van der Waals surface area contributed by atoms with Crippen molar-refractivity contribution in [1.29, 1.82) is 0 Å². The van der Waals surface area contributed by atoms with Crippen LogP contribution < -0.4 is 5.73 Å². The Kier molecular flexibility index (Phi) is 4.16. The van der Waals surface area contributed by atoms with E-state index in [-0.39, 0.29) is 0 Å². The fourth-order valence-electron chi connectivity index (χ4n) is 0.917. The lowest BCUT2D eigenvalue weighted by Crippen LogP contribution is -2.15. The highest BCUT2D eigenvalue weighted by molar-refractivity contribution is 7.99. The van der Waals surface area contributed by atoms with Crippen molar-refractivity contribution >= 4 is 17.6 Å². The molecule has 0 amide bonds. The molecule has 0 fully saturated rings. The van der Waals surface area contributed by atoms with Crippen molar-refractivity contribution < 1.29 is 0 Å². The molecule has 0 saturated carbocycles. The molecule has 0 spiro atoms. The molecular weight excluding hydrogens is 196 g/mol. The van der Waals surface area contributed by atoms with E-state index >= 15 is 0 Å². The lowest BCUT2D eigenvalue weighted by atomic mass is 10.4. The standard InChI is InChI=1S/C9H16N4S/c1-7-8(10)11-6-12-9(7)14-5-4-13(2)3/h6H,4-5H2,1-3H3,(H2,10,11,12). The Labute approximate surface area is 88.9 Å². The van der Waals surface area contributed by atoms with E-state index in [2.05, 4.69) is 29.0 Å². The smallest absolute Gasteiger partial charge is 0.130 e. The van der Waals surface area contributed by atoms with Crippen LogP contribution >= 0.6 is 11.8 Å². The summed E-state index contributed by atoms with van der Waals surface area (Å²) in [4.78, 5) is 10.3. The third-order valence-corrected chi connectivity index (χ3v) is 2.93. The molecule has 1 heterocycles. The number of hydrogen-bond acceptors (Lipinski definition) is 5. The number of nitrogens with zero attached hydrogens (tertiary/aromatic N) is 3. The monoisotopic (exact) mass is 212 g/mol. The summed E-state index contributed by atoms with van der Waals surface area (Å²) in [6.45, 7) is 2.99. The molecule has 0 aliphatic heterocycles. The Balaban J connectivity index is 2.54. The topological polar surface area (TPSA) is 55.0 Å². The molecule has 4 nitrogen and oxygen atoms in total. The number of thioether (sulfide) groups is 1. The first-order valence-electron chi connectivity index (χ1n) is 4.46. The van der Waals surface area contributed by atoms with Crippen LogP contribution in [0.1, 0.15) is 5.56 Å². The molecule has 0 atom stereocenters. The average molecular weight is 212 g/mol. The van der Waals surface area contributed by atoms with Crippen LogP contribution in [0.2, 0.25) is 0 Å². The molecule has 0 aliphatic carbocycles. The van der Waals surface area contributed by atoms with Gasteiger partial charge >= 0.3 is 0 Å². The van der Waals surface area contributed by atoms with Crippen LogP contribution in [0, 0.1) is 6.92 Å². The van der Waals surface area contributed by atoms with Crippen LogP contribution in [0.4, 0.5) is 5.82 Å². The van der Waals surface area contributed by atoms with Crippen LogP contribution in [-0.2, 0) is 0 Å². The molecule has 0 unspecified atom stereocenters. The maximum Gasteiger partial charge on any atom is 0.130 e. The van der Waals surface area contributed by atoms with Crippen LogP contribution in [0.15, 0.2) is 11.4 Å². The maximum atomic E-state index is 5.68. The van der Waals surface area contributed by atoms with E-state index in [0.29, 0.717) is 5.82 Å². The summed E-state index contributed by atoms with van der Waals surface area (Å²) in [5.41, 5.74) is 6.66. The van der Waals surface area contributed by atoms with Crippen LogP contribution in [0.25, 0.3) is 0 Å². The second-order valence-electron chi connectivity index (χ2n) is 3.34. The molecule has 2 N–H and O–H groups in total. The van der Waals surface area contributed by atoms with Gasteiger partial charge in [-0.15, -0.1) is 11.8 Å². The van der Waals surface area contributed by atoms with E-state index in [1.807, 2.05) is 6.92 Å². The number of anilines is 1. The predicted molar refractivity (Wildman–Crippen MR) is 60.5 cm³/mol. The van der Waals surface area contributed by atoms with Crippen LogP contribution in [-0.4, -0.2) is 41.3 Å². The number of nitrogen functional groups attached to an aromatic ring is 1. The number of rotatable bonds is 4. The van der Waals surface area contributed by atoms with E-state index in [9.17, 15) is 0 Å². The average Bonchev–Trinajstić information content (AvgIpc) is 2.12. The van der Waals surface area contributed by atoms with Gasteiger partial charge in [0, 0.05) is 17.9 Å². The first kappa shape index (κ1) is 11.3. The molecule has 0 saturated heterocycles. The summed E-state index contributed by atoms with van der Waals surface area (Å²) in [7, 11) is 4.11. The zero-order valence-electron chi connectivity index (χ0n) is 8.82. The van der Waals surface area contributed by atoms with Gasteiger partial charge < -0.3 is 10.6 Å². The third kappa shape index (κ3) is 3.16. The highest BCUT2D eigenvalue weighted by Crippen LogP contribution is 2.21. The first-order valence-corrected chi connectivity index (χ1v) is 5.44. The molecule has 1 rings (SSSR count). The minimum absolute atomic E-state index is 0.576. The lowest BCUT2D eigenvalue weighted by molar-refractivity contribution is 0.437. The molecule has 78 valence electrons. The second-order valence-corrected chi connectivity index (χ2v) is 4.42. The van der Waals surface area contributed by atoms with Crippen molar-refractivity contribution in [3.05, 3.63) is 11.9 Å². The van der Waals surface area contributed by atoms with Gasteiger partial charge in [0.05, 0.1) is 0 Å². The minimum Gasteiger partial charge on any atom is -0.383 e. The highest BCUT2D eigenvalue weighted by atomic mass is 32.2. The van der Waals surface area contributed by atoms with Crippen molar-refractivity contribution in [3.63, 3.8) is 0 Å². The summed E-state index contributed by atoms with van der Waals surface area (Å²) in [5, 5.41) is 0.986. The molecule has 1 aromatic rings. The van der Waals surface area contributed by atoms with E-state index in [1.165, 1.54) is 6.33 Å². The molecule has 0 radical (unpaired) electrons. The van der Waals surface area contributed by atoms with Gasteiger partial charge in [0.25, 0.3) is 0 Å². The maximum absolute atomic E-state index is 5.68. The van der Waals surface area contributed by atoms with Crippen LogP contribution in [0.3, 0.4) is 0 Å². The van der Waals surface area contributed by atoms with Crippen molar-refractivity contribution in [3.8, 4) is 0 Å². The minimum atomic E-state index is 0.576. The van der Waals surface area contributed by atoms with Gasteiger partial charge in [-0.3, -0.25) is 0 Å². The number of nitrogens with two attached hydrogens (primary N) is 1. The van der Waals surface area contributed by atoms with E-state index < -0.39 is 0 Å². The SMILES string of the molecule is Cc1c(N)ncnc1SCCN(C)C. The highest BCUT2D eigenvalue weighted by Gasteiger charge is 2.04. The van der Waals surface area contributed by atoms with E-state index in [1.54, 1.807) is 11.8 Å². The summed E-state index contributed by atoms with van der Waals surface area (Å²) >= 11 is 1.72. The van der Waals surface area contributed by atoms with Crippen LogP contribution in [0.5, 0.6) is 0 Å². The van der Waals surface area contributed by atoms with Crippen molar-refractivity contribution in [2.45, 2.75) is 11.9 Å². The zero-order chi connectivity index (χ0) is 10.6. The van der Waals surface area contributed by atoms with E-state index in [0.717, 1.165) is 22.9 Å². The van der Waals surface area contributed by atoms with Gasteiger partial charge in [0.15, 0.2) is 0 Å². The zero-order valence-corrected chi connectivity index (χ0v) is 9.64. The number of hydrogen-bond donors (Lipinski definition) is 1. The lowest BCUT2D eigenvalue weighted by Gasteiger charge is -2.09. The van der Waals surface area contributed by atoms with Gasteiger partial charge in [-0.1, -0.05) is 0 Å².